The second-order valence-electron chi connectivity index (χ2n) is 4.34. The van der Waals surface area contributed by atoms with E-state index in [-0.39, 0.29) is 0 Å². The number of imidazole rings is 1. The average Bonchev–Trinajstić information content (AvgIpc) is 2.70. The number of rotatable bonds is 1. The summed E-state index contributed by atoms with van der Waals surface area (Å²) in [5.41, 5.74) is 10.2. The van der Waals surface area contributed by atoms with Gasteiger partial charge in [-0.15, -0.1) is 0 Å². The number of para-hydroxylation sites is 1. The smallest absolute Gasteiger partial charge is 0.205 e. The van der Waals surface area contributed by atoms with Gasteiger partial charge in [0.1, 0.15) is 0 Å². The van der Waals surface area contributed by atoms with Gasteiger partial charge in [-0.2, -0.15) is 0 Å². The summed E-state index contributed by atoms with van der Waals surface area (Å²) in [6, 6.07) is 12.0. The monoisotopic (exact) mass is 379 g/mol. The van der Waals surface area contributed by atoms with Crippen LogP contribution in [0.5, 0.6) is 0 Å². The van der Waals surface area contributed by atoms with Crippen LogP contribution in [0.4, 0.5) is 5.95 Å². The fourth-order valence-electron chi connectivity index (χ4n) is 2.21. The molecule has 0 spiro atoms. The molecule has 1 aromatic heterocycles. The van der Waals surface area contributed by atoms with Crippen molar-refractivity contribution in [3.8, 4) is 5.69 Å². The minimum Gasteiger partial charge on any atom is -0.369 e. The van der Waals surface area contributed by atoms with Gasteiger partial charge in [0.25, 0.3) is 0 Å². The Morgan fingerprint density at radius 3 is 2.74 bits per heavy atom. The number of fused-ring (bicyclic) bond motifs is 1. The molecule has 0 fully saturated rings. The third-order valence-corrected chi connectivity index (χ3v) is 4.22. The summed E-state index contributed by atoms with van der Waals surface area (Å²) in [7, 11) is 0. The minimum absolute atomic E-state index is 0.489. The lowest BCUT2D eigenvalue weighted by Gasteiger charge is -2.10. The molecule has 0 radical (unpaired) electrons. The zero-order chi connectivity index (χ0) is 13.6. The lowest BCUT2D eigenvalue weighted by atomic mass is 10.2. The largest absolute Gasteiger partial charge is 0.369 e. The Morgan fingerprint density at radius 1 is 1.16 bits per heavy atom. The summed E-state index contributed by atoms with van der Waals surface area (Å²) in [4.78, 5) is 4.43. The van der Waals surface area contributed by atoms with E-state index in [9.17, 15) is 0 Å². The lowest BCUT2D eigenvalue weighted by molar-refractivity contribution is 1.09. The normalized spacial score (nSPS) is 11.1. The zero-order valence-corrected chi connectivity index (χ0v) is 13.4. The molecule has 96 valence electrons. The van der Waals surface area contributed by atoms with E-state index in [1.54, 1.807) is 0 Å². The minimum atomic E-state index is 0.489. The van der Waals surface area contributed by atoms with Crippen LogP contribution in [0.2, 0.25) is 0 Å². The Morgan fingerprint density at radius 2 is 1.95 bits per heavy atom. The summed E-state index contributed by atoms with van der Waals surface area (Å²) in [6.45, 7) is 2.06. The lowest BCUT2D eigenvalue weighted by Crippen LogP contribution is -2.02. The van der Waals surface area contributed by atoms with Crippen molar-refractivity contribution in [1.29, 1.82) is 0 Å². The van der Waals surface area contributed by atoms with E-state index in [1.165, 1.54) is 0 Å². The van der Waals surface area contributed by atoms with Crippen molar-refractivity contribution in [3.63, 3.8) is 0 Å². The van der Waals surface area contributed by atoms with Crippen molar-refractivity contribution in [3.05, 3.63) is 50.9 Å². The maximum absolute atomic E-state index is 6.09. The predicted octanol–water partition coefficient (Wildman–Crippen LogP) is 4.44. The van der Waals surface area contributed by atoms with Gasteiger partial charge in [0.05, 0.1) is 16.7 Å². The molecule has 0 aliphatic carbocycles. The van der Waals surface area contributed by atoms with E-state index in [0.29, 0.717) is 5.95 Å². The first-order valence-corrected chi connectivity index (χ1v) is 7.35. The first-order valence-electron chi connectivity index (χ1n) is 5.77. The van der Waals surface area contributed by atoms with Gasteiger partial charge in [-0.1, -0.05) is 28.1 Å². The Bertz CT molecular complexity index is 778. The zero-order valence-electron chi connectivity index (χ0n) is 10.2. The van der Waals surface area contributed by atoms with E-state index in [4.69, 9.17) is 5.73 Å². The Balaban J connectivity index is 2.42. The van der Waals surface area contributed by atoms with Gasteiger partial charge >= 0.3 is 0 Å². The fourth-order valence-corrected chi connectivity index (χ4v) is 2.99. The van der Waals surface area contributed by atoms with E-state index in [1.807, 2.05) is 34.9 Å². The Hall–Kier alpha value is -1.33. The maximum Gasteiger partial charge on any atom is 0.205 e. The molecule has 0 aliphatic rings. The van der Waals surface area contributed by atoms with Gasteiger partial charge < -0.3 is 5.73 Å². The number of anilines is 1. The number of nitrogens with zero attached hydrogens (tertiary/aromatic N) is 2. The molecule has 5 heteroatoms. The number of hydrogen-bond acceptors (Lipinski definition) is 2. The highest BCUT2D eigenvalue weighted by Crippen LogP contribution is 2.31. The quantitative estimate of drug-likeness (QED) is 0.678. The fraction of sp³-hybridized carbons (Fsp3) is 0.0714. The molecular weight excluding hydrogens is 370 g/mol. The maximum atomic E-state index is 6.09. The summed E-state index contributed by atoms with van der Waals surface area (Å²) in [5, 5.41) is 0. The SMILES string of the molecule is Cc1cccc2nc(N)n(-c3cc(Br)ccc3Br)c12. The van der Waals surface area contributed by atoms with Gasteiger partial charge in [0.2, 0.25) is 5.95 Å². The van der Waals surface area contributed by atoms with Crippen molar-refractivity contribution >= 4 is 48.8 Å². The number of aromatic nitrogens is 2. The molecule has 19 heavy (non-hydrogen) atoms. The van der Waals surface area contributed by atoms with Crippen molar-refractivity contribution < 1.29 is 0 Å². The number of halogens is 2. The molecule has 2 aromatic carbocycles. The molecule has 0 atom stereocenters. The molecule has 0 unspecified atom stereocenters. The molecule has 0 aliphatic heterocycles. The molecule has 0 saturated heterocycles. The molecule has 1 heterocycles. The highest BCUT2D eigenvalue weighted by Gasteiger charge is 2.14. The molecule has 3 rings (SSSR count). The number of nitrogen functional groups attached to an aromatic ring is 1. The van der Waals surface area contributed by atoms with E-state index in [2.05, 4.69) is 49.8 Å². The highest BCUT2D eigenvalue weighted by atomic mass is 79.9. The molecule has 3 aromatic rings. The number of nitrogens with two attached hydrogens (primary N) is 1. The van der Waals surface area contributed by atoms with E-state index < -0.39 is 0 Å². The third-order valence-electron chi connectivity index (χ3n) is 3.05. The van der Waals surface area contributed by atoms with Crippen LogP contribution in [0.25, 0.3) is 16.7 Å². The third kappa shape index (κ3) is 2.07. The topological polar surface area (TPSA) is 43.8 Å². The molecule has 2 N–H and O–H groups in total. The number of hydrogen-bond donors (Lipinski definition) is 1. The van der Waals surface area contributed by atoms with Crippen LogP contribution >= 0.6 is 31.9 Å². The second-order valence-corrected chi connectivity index (χ2v) is 6.11. The predicted molar refractivity (Wildman–Crippen MR) is 85.6 cm³/mol. The summed E-state index contributed by atoms with van der Waals surface area (Å²) < 4.78 is 3.95. The van der Waals surface area contributed by atoms with Crippen LogP contribution in [-0.2, 0) is 0 Å². The van der Waals surface area contributed by atoms with Crippen LogP contribution in [0, 0.1) is 6.92 Å². The van der Waals surface area contributed by atoms with Crippen LogP contribution in [0.1, 0.15) is 5.56 Å². The van der Waals surface area contributed by atoms with Gasteiger partial charge in [-0.05, 0) is 52.7 Å². The molecule has 0 bridgehead atoms. The van der Waals surface area contributed by atoms with Gasteiger partial charge in [-0.3, -0.25) is 4.57 Å². The summed E-state index contributed by atoms with van der Waals surface area (Å²) >= 11 is 7.06. The van der Waals surface area contributed by atoms with Crippen LogP contribution in [0.15, 0.2) is 45.3 Å². The second kappa shape index (κ2) is 4.65. The number of benzene rings is 2. The first-order chi connectivity index (χ1) is 9.08. The van der Waals surface area contributed by atoms with Crippen LogP contribution in [0.3, 0.4) is 0 Å². The van der Waals surface area contributed by atoms with Crippen molar-refractivity contribution in [2.45, 2.75) is 6.92 Å². The molecule has 0 amide bonds. The highest BCUT2D eigenvalue weighted by molar-refractivity contribution is 9.11. The summed E-state index contributed by atoms with van der Waals surface area (Å²) in [6.07, 6.45) is 0. The van der Waals surface area contributed by atoms with Crippen LogP contribution in [-0.4, -0.2) is 9.55 Å². The standard InChI is InChI=1S/C14H11Br2N3/c1-8-3-2-4-11-13(8)19(14(17)18-11)12-7-9(15)5-6-10(12)16/h2-7H,1H3,(H2,17,18). The molecular formula is C14H11Br2N3. The molecule has 0 saturated carbocycles. The molecule has 3 nitrogen and oxygen atoms in total. The Kier molecular flexibility index (Phi) is 3.11. The number of aryl methyl sites for hydroxylation is 1. The van der Waals surface area contributed by atoms with E-state index in [0.717, 1.165) is 31.2 Å². The van der Waals surface area contributed by atoms with E-state index >= 15 is 0 Å². The van der Waals surface area contributed by atoms with Gasteiger partial charge in [0, 0.05) is 8.95 Å². The summed E-state index contributed by atoms with van der Waals surface area (Å²) in [5.74, 6) is 0.489. The Labute approximate surface area is 127 Å². The van der Waals surface area contributed by atoms with Crippen molar-refractivity contribution in [2.75, 3.05) is 5.73 Å². The first kappa shape index (κ1) is 12.7. The van der Waals surface area contributed by atoms with Gasteiger partial charge in [-0.25, -0.2) is 4.98 Å². The van der Waals surface area contributed by atoms with Crippen molar-refractivity contribution in [2.24, 2.45) is 0 Å². The van der Waals surface area contributed by atoms with Gasteiger partial charge in [0.15, 0.2) is 0 Å². The van der Waals surface area contributed by atoms with Crippen LogP contribution < -0.4 is 5.73 Å². The average molecular weight is 381 g/mol. The van der Waals surface area contributed by atoms with Crippen molar-refractivity contribution in [1.82, 2.24) is 9.55 Å².